The van der Waals surface area contributed by atoms with Gasteiger partial charge >= 0.3 is 0 Å². The van der Waals surface area contributed by atoms with Gasteiger partial charge in [0.05, 0.1) is 0 Å². The van der Waals surface area contributed by atoms with E-state index in [9.17, 15) is 4.79 Å². The minimum Gasteiger partial charge on any atom is -0.298 e. The van der Waals surface area contributed by atoms with E-state index < -0.39 is 0 Å². The maximum Gasteiger partial charge on any atom is 0.260 e. The molecule has 1 saturated heterocycles. The van der Waals surface area contributed by atoms with Gasteiger partial charge < -0.3 is 0 Å². The van der Waals surface area contributed by atoms with Crippen LogP contribution in [0.3, 0.4) is 0 Å². The summed E-state index contributed by atoms with van der Waals surface area (Å²) < 4.78 is 11.5. The Morgan fingerprint density at radius 3 is 2.00 bits per heavy atom. The van der Waals surface area contributed by atoms with Crippen molar-refractivity contribution in [3.8, 4) is 11.1 Å². The molecule has 3 aromatic rings. The first-order valence-electron chi connectivity index (χ1n) is 15.2. The van der Waals surface area contributed by atoms with Crippen molar-refractivity contribution in [2.75, 3.05) is 26.2 Å². The predicted octanol–water partition coefficient (Wildman–Crippen LogP) is 7.51. The van der Waals surface area contributed by atoms with Crippen LogP contribution in [0.25, 0.3) is 22.2 Å². The maximum absolute atomic E-state index is 13.6. The van der Waals surface area contributed by atoms with Gasteiger partial charge in [0.15, 0.2) is 0 Å². The minimum absolute atomic E-state index is 0.0435. The Kier molecular flexibility index (Phi) is 15.9. The summed E-state index contributed by atoms with van der Waals surface area (Å²) in [6.07, 6.45) is 7.49. The van der Waals surface area contributed by atoms with Crippen LogP contribution in [-0.2, 0) is 0 Å². The molecule has 1 saturated carbocycles. The van der Waals surface area contributed by atoms with E-state index in [-0.39, 0.29) is 11.6 Å². The van der Waals surface area contributed by atoms with E-state index in [0.717, 1.165) is 81.2 Å². The average Bonchev–Trinajstić information content (AvgIpc) is 3.05. The summed E-state index contributed by atoms with van der Waals surface area (Å²) in [5, 5.41) is 0.909. The van der Waals surface area contributed by atoms with Gasteiger partial charge in [0.1, 0.15) is 13.1 Å². The highest BCUT2D eigenvalue weighted by Crippen LogP contribution is 2.33. The molecule has 7 heteroatoms. The zero-order valence-electron chi connectivity index (χ0n) is 26.0. The van der Waals surface area contributed by atoms with Gasteiger partial charge in [-0.2, -0.15) is 0 Å². The Morgan fingerprint density at radius 1 is 0.842 bits per heavy atom. The maximum atomic E-state index is 13.6. The summed E-state index contributed by atoms with van der Waals surface area (Å²) in [5.74, 6) is 0. The van der Waals surface area contributed by atoms with E-state index in [2.05, 4.69) is 19.2 Å². The van der Waals surface area contributed by atoms with Crippen LogP contribution in [0.1, 0.15) is 87.1 Å². The first-order chi connectivity index (χ1) is 19.2. The molecular formula is C31H51N5OS. The summed E-state index contributed by atoms with van der Waals surface area (Å²) in [6, 6.07) is 12.5. The average molecular weight is 543 g/mol. The van der Waals surface area contributed by atoms with Gasteiger partial charge in [-0.1, -0.05) is 98.4 Å². The van der Waals surface area contributed by atoms with Gasteiger partial charge in [0.25, 0.3) is 5.56 Å². The molecule has 5 rings (SSSR count). The van der Waals surface area contributed by atoms with Crippen molar-refractivity contribution in [2.45, 2.75) is 93.2 Å². The van der Waals surface area contributed by atoms with Gasteiger partial charge in [-0.25, -0.2) is 9.97 Å². The van der Waals surface area contributed by atoms with Crippen LogP contribution < -0.4 is 5.56 Å². The quantitative estimate of drug-likeness (QED) is 0.346. The zero-order valence-corrected chi connectivity index (χ0v) is 25.8. The lowest BCUT2D eigenvalue weighted by molar-refractivity contribution is 0.103. The largest absolute Gasteiger partial charge is 0.298 e. The molecule has 2 aliphatic rings. The van der Waals surface area contributed by atoms with Crippen molar-refractivity contribution in [1.29, 1.82) is 1.12 Å². The second-order valence-corrected chi connectivity index (χ2v) is 8.84. The van der Waals surface area contributed by atoms with Crippen LogP contribution in [0.5, 0.6) is 0 Å². The highest BCUT2D eigenvalue weighted by Gasteiger charge is 2.30. The number of piperazine rings is 1. The van der Waals surface area contributed by atoms with Gasteiger partial charge in [-0.05, 0) is 37.3 Å². The first-order valence-corrected chi connectivity index (χ1v) is 15.1. The number of aromatic nitrogens is 3. The lowest BCUT2D eigenvalue weighted by Crippen LogP contribution is -2.49. The van der Waals surface area contributed by atoms with E-state index in [4.69, 9.17) is 1.12 Å². The molecule has 1 aliphatic heterocycles. The number of rotatable bonds is 4. The van der Waals surface area contributed by atoms with E-state index >= 15 is 0 Å². The molecule has 2 fully saturated rings. The molecule has 1 aliphatic carbocycles. The molecule has 0 spiro atoms. The van der Waals surface area contributed by atoms with Crippen molar-refractivity contribution in [3.63, 3.8) is 0 Å². The van der Waals surface area contributed by atoms with Gasteiger partial charge in [0, 0.05) is 55.4 Å². The number of nitrogens with zero attached hydrogens (tertiary/aromatic N) is 5. The molecule has 3 heterocycles. The number of benzene rings is 1. The Labute approximate surface area is 238 Å². The smallest absolute Gasteiger partial charge is 0.260 e. The normalized spacial score (nSPS) is 19.6. The fourth-order valence-electron chi connectivity index (χ4n) is 4.99. The molecule has 1 aromatic carbocycles. The van der Waals surface area contributed by atoms with Crippen molar-refractivity contribution < 1.29 is 0 Å². The van der Waals surface area contributed by atoms with Gasteiger partial charge in [-0.15, -0.1) is 0 Å². The number of pyridine rings is 1. The van der Waals surface area contributed by atoms with Crippen molar-refractivity contribution >= 4 is 23.8 Å². The molecule has 0 N–H and O–H groups in total. The van der Waals surface area contributed by atoms with Crippen molar-refractivity contribution in [1.82, 2.24) is 23.7 Å². The molecule has 0 unspecified atom stereocenters. The standard InChI is InChI=1S/C23H27N5OS.4C2H6/c29-23-21(17-4-2-1-3-5-17)14-18-15-24-16-25-22(18)28(23)20-8-6-19(7-9-20)26-10-12-27(30)13-11-26;4*1-2/h1-5,14-16,19-20,30H,6-13H2;4*1-2H3/i30D;;;;. The fraction of sp³-hybridized carbons (Fsp3) is 0.581. The first kappa shape index (κ1) is 32.0. The summed E-state index contributed by atoms with van der Waals surface area (Å²) in [4.78, 5) is 24.9. The summed E-state index contributed by atoms with van der Waals surface area (Å²) in [7, 11) is 0. The molecule has 0 amide bonds. The van der Waals surface area contributed by atoms with Crippen LogP contribution in [0.2, 0.25) is 0 Å². The van der Waals surface area contributed by atoms with Crippen molar-refractivity contribution in [2.24, 2.45) is 0 Å². The molecule has 38 heavy (non-hydrogen) atoms. The lowest BCUT2D eigenvalue weighted by Gasteiger charge is -2.41. The highest BCUT2D eigenvalue weighted by molar-refractivity contribution is 7.77. The van der Waals surface area contributed by atoms with Crippen LogP contribution in [0.4, 0.5) is 0 Å². The van der Waals surface area contributed by atoms with Crippen LogP contribution in [0.15, 0.2) is 53.7 Å². The zero-order chi connectivity index (χ0) is 29.2. The highest BCUT2D eigenvalue weighted by atomic mass is 32.1. The van der Waals surface area contributed by atoms with Crippen molar-refractivity contribution in [3.05, 3.63) is 59.3 Å². The topological polar surface area (TPSA) is 54.3 Å². The van der Waals surface area contributed by atoms with Gasteiger partial charge in [-0.3, -0.25) is 18.6 Å². The third kappa shape index (κ3) is 8.65. The number of hydrogen-bond donors (Lipinski definition) is 1. The second kappa shape index (κ2) is 18.9. The van der Waals surface area contributed by atoms with E-state index in [0.29, 0.717) is 11.6 Å². The van der Waals surface area contributed by atoms with E-state index in [1.54, 1.807) is 6.20 Å². The Morgan fingerprint density at radius 2 is 1.42 bits per heavy atom. The molecule has 0 radical (unpaired) electrons. The number of thiol groups is 1. The molecule has 2 aromatic heterocycles. The van der Waals surface area contributed by atoms with E-state index in [1.165, 1.54) is 6.33 Å². The summed E-state index contributed by atoms with van der Waals surface area (Å²) in [5.41, 5.74) is 2.44. The second-order valence-electron chi connectivity index (χ2n) is 8.33. The molecule has 6 nitrogen and oxygen atoms in total. The molecular weight excluding hydrogens is 490 g/mol. The minimum atomic E-state index is 0.0435. The lowest BCUT2D eigenvalue weighted by atomic mass is 9.89. The fourth-order valence-corrected chi connectivity index (χ4v) is 5.16. The monoisotopic (exact) mass is 542 g/mol. The van der Waals surface area contributed by atoms with Crippen LogP contribution in [-0.4, -0.2) is 57.1 Å². The van der Waals surface area contributed by atoms with Crippen LogP contribution >= 0.6 is 12.7 Å². The Bertz CT molecular complexity index is 1100. The third-order valence-electron chi connectivity index (χ3n) is 6.60. The Balaban J connectivity index is 0.000000874. The van der Waals surface area contributed by atoms with Gasteiger partial charge in [0.2, 0.25) is 0 Å². The molecule has 0 bridgehead atoms. The number of hydrogen-bond acceptors (Lipinski definition) is 6. The molecule has 212 valence electrons. The number of fused-ring (bicyclic) bond motifs is 1. The summed E-state index contributed by atoms with van der Waals surface area (Å²) >= 11 is 1.10. The Hall–Kier alpha value is -2.22. The SMILES string of the molecule is CC.CC.CC.CC.[2H]SN1CCN(C2CCC(n3c(=O)c(-c4ccccc4)cc4cncnc43)CC2)CC1. The predicted molar refractivity (Wildman–Crippen MR) is 168 cm³/mol. The van der Waals surface area contributed by atoms with Crippen LogP contribution in [0, 0.1) is 0 Å². The third-order valence-corrected chi connectivity index (χ3v) is 6.97. The van der Waals surface area contributed by atoms with E-state index in [1.807, 2.05) is 96.4 Å². The molecule has 0 atom stereocenters. The summed E-state index contributed by atoms with van der Waals surface area (Å²) in [6.45, 7) is 20.0.